The quantitative estimate of drug-likeness (QED) is 0.255. The van der Waals surface area contributed by atoms with E-state index in [1.165, 1.54) is 19.1 Å². The van der Waals surface area contributed by atoms with Crippen molar-refractivity contribution in [1.29, 1.82) is 0 Å². The van der Waals surface area contributed by atoms with Crippen LogP contribution in [-0.4, -0.2) is 82.6 Å². The average molecular weight is 601 g/mol. The van der Waals surface area contributed by atoms with Crippen LogP contribution >= 0.6 is 0 Å². The van der Waals surface area contributed by atoms with Crippen molar-refractivity contribution >= 4 is 34.9 Å². The number of aromatic nitrogens is 2. The molecule has 0 unspecified atom stereocenters. The van der Waals surface area contributed by atoms with Gasteiger partial charge in [-0.2, -0.15) is 4.98 Å². The number of ether oxygens (including phenoxy) is 5. The minimum atomic E-state index is -0.735. The first-order chi connectivity index (χ1) is 21.4. The van der Waals surface area contributed by atoms with Crippen molar-refractivity contribution in [3.05, 3.63) is 72.9 Å². The van der Waals surface area contributed by atoms with Gasteiger partial charge < -0.3 is 38.8 Å². The van der Waals surface area contributed by atoms with E-state index in [1.54, 1.807) is 68.9 Å². The number of likely N-dealkylation sites (N-methyl/N-ethyl adjacent to an activating group) is 1. The SMILES string of the molecule is COc1ccc(N(C(=O)Oc2ccccc2OC)c2ccnc(Nc3ccc(N4CCN(C)CC4)c(OC)c3)n2)c(OC)c1. The number of amides is 1. The van der Waals surface area contributed by atoms with E-state index in [2.05, 4.69) is 32.1 Å². The summed E-state index contributed by atoms with van der Waals surface area (Å²) in [5.74, 6) is 2.83. The van der Waals surface area contributed by atoms with Gasteiger partial charge in [-0.3, -0.25) is 0 Å². The summed E-state index contributed by atoms with van der Waals surface area (Å²) in [6.07, 6.45) is 0.820. The van der Waals surface area contributed by atoms with Crippen LogP contribution < -0.4 is 38.8 Å². The van der Waals surface area contributed by atoms with Crippen LogP contribution in [0.3, 0.4) is 0 Å². The number of hydrogen-bond donors (Lipinski definition) is 1. The topological polar surface area (TPSA) is 111 Å². The maximum absolute atomic E-state index is 13.8. The van der Waals surface area contributed by atoms with Gasteiger partial charge in [0.15, 0.2) is 11.5 Å². The molecule has 4 aromatic rings. The molecule has 1 aliphatic heterocycles. The van der Waals surface area contributed by atoms with E-state index in [4.69, 9.17) is 23.7 Å². The Hall–Kier alpha value is -5.23. The van der Waals surface area contributed by atoms with Gasteiger partial charge >= 0.3 is 6.09 Å². The Kier molecular flexibility index (Phi) is 9.50. The predicted molar refractivity (Wildman–Crippen MR) is 169 cm³/mol. The van der Waals surface area contributed by atoms with Gasteiger partial charge in [0, 0.05) is 56.3 Å². The van der Waals surface area contributed by atoms with Gasteiger partial charge in [-0.05, 0) is 43.4 Å². The number of anilines is 5. The molecular weight excluding hydrogens is 564 g/mol. The fraction of sp³-hybridized carbons (Fsp3) is 0.281. The van der Waals surface area contributed by atoms with E-state index in [0.717, 1.165) is 43.3 Å². The second-order valence-corrected chi connectivity index (χ2v) is 9.93. The van der Waals surface area contributed by atoms with Crippen LogP contribution in [0.4, 0.5) is 33.6 Å². The fourth-order valence-corrected chi connectivity index (χ4v) is 4.85. The number of rotatable bonds is 10. The van der Waals surface area contributed by atoms with Crippen molar-refractivity contribution in [3.63, 3.8) is 0 Å². The van der Waals surface area contributed by atoms with Crippen LogP contribution in [0, 0.1) is 0 Å². The number of para-hydroxylation sites is 2. The summed E-state index contributed by atoms with van der Waals surface area (Å²) in [5, 5.41) is 3.24. The Morgan fingerprint density at radius 2 is 1.52 bits per heavy atom. The summed E-state index contributed by atoms with van der Waals surface area (Å²) >= 11 is 0. The molecule has 1 N–H and O–H groups in total. The molecule has 44 heavy (non-hydrogen) atoms. The third-order valence-corrected chi connectivity index (χ3v) is 7.23. The lowest BCUT2D eigenvalue weighted by molar-refractivity contribution is 0.208. The highest BCUT2D eigenvalue weighted by atomic mass is 16.6. The largest absolute Gasteiger partial charge is 0.497 e. The van der Waals surface area contributed by atoms with E-state index in [0.29, 0.717) is 22.9 Å². The molecule has 3 aromatic carbocycles. The first-order valence-corrected chi connectivity index (χ1v) is 14.0. The van der Waals surface area contributed by atoms with Crippen LogP contribution in [0.25, 0.3) is 0 Å². The molecule has 1 saturated heterocycles. The molecule has 1 aliphatic rings. The number of nitrogens with zero attached hydrogens (tertiary/aromatic N) is 5. The fourth-order valence-electron chi connectivity index (χ4n) is 4.85. The Bertz CT molecular complexity index is 1590. The summed E-state index contributed by atoms with van der Waals surface area (Å²) in [7, 11) is 8.35. The molecule has 1 aromatic heterocycles. The molecule has 5 rings (SSSR count). The molecule has 0 bridgehead atoms. The molecule has 0 radical (unpaired) electrons. The van der Waals surface area contributed by atoms with Crippen LogP contribution in [0.15, 0.2) is 72.9 Å². The molecule has 1 amide bonds. The number of carbonyl (C=O) groups excluding carboxylic acids is 1. The van der Waals surface area contributed by atoms with Crippen molar-refractivity contribution in [2.45, 2.75) is 0 Å². The van der Waals surface area contributed by atoms with Crippen LogP contribution in [0.5, 0.6) is 28.7 Å². The normalized spacial score (nSPS) is 13.2. The van der Waals surface area contributed by atoms with Crippen LogP contribution in [-0.2, 0) is 0 Å². The van der Waals surface area contributed by atoms with Crippen LogP contribution in [0.2, 0.25) is 0 Å². The highest BCUT2D eigenvalue weighted by molar-refractivity contribution is 5.98. The predicted octanol–water partition coefficient (Wildman–Crippen LogP) is 5.34. The minimum absolute atomic E-state index is 0.242. The molecule has 230 valence electrons. The molecule has 0 saturated carbocycles. The first-order valence-electron chi connectivity index (χ1n) is 14.0. The molecule has 12 nitrogen and oxygen atoms in total. The first kappa shape index (κ1) is 30.2. The number of carbonyl (C=O) groups is 1. The van der Waals surface area contributed by atoms with E-state index < -0.39 is 6.09 Å². The molecule has 2 heterocycles. The zero-order valence-corrected chi connectivity index (χ0v) is 25.4. The molecule has 0 aliphatic carbocycles. The third-order valence-electron chi connectivity index (χ3n) is 7.23. The van der Waals surface area contributed by atoms with Crippen molar-refractivity contribution in [2.75, 3.05) is 76.8 Å². The third kappa shape index (κ3) is 6.70. The van der Waals surface area contributed by atoms with Gasteiger partial charge in [-0.15, -0.1) is 0 Å². The van der Waals surface area contributed by atoms with Gasteiger partial charge in [0.2, 0.25) is 5.95 Å². The van der Waals surface area contributed by atoms with Gasteiger partial charge in [0.05, 0.1) is 39.8 Å². The molecule has 0 spiro atoms. The summed E-state index contributed by atoms with van der Waals surface area (Å²) in [4.78, 5) is 28.8. The molecule has 0 atom stereocenters. The number of piperazine rings is 1. The summed E-state index contributed by atoms with van der Waals surface area (Å²) in [6, 6.07) is 19.5. The average Bonchev–Trinajstić information content (AvgIpc) is 3.06. The molecular formula is C32H36N6O6. The highest BCUT2D eigenvalue weighted by Crippen LogP contribution is 2.38. The van der Waals surface area contributed by atoms with Crippen LogP contribution in [0.1, 0.15) is 0 Å². The smallest absolute Gasteiger partial charge is 0.425 e. The van der Waals surface area contributed by atoms with Crippen molar-refractivity contribution in [1.82, 2.24) is 14.9 Å². The Morgan fingerprint density at radius 3 is 2.23 bits per heavy atom. The number of methoxy groups -OCH3 is 4. The van der Waals surface area contributed by atoms with E-state index >= 15 is 0 Å². The van der Waals surface area contributed by atoms with E-state index in [-0.39, 0.29) is 17.5 Å². The van der Waals surface area contributed by atoms with E-state index in [9.17, 15) is 4.79 Å². The molecule has 1 fully saturated rings. The van der Waals surface area contributed by atoms with Crippen molar-refractivity contribution in [2.24, 2.45) is 0 Å². The lowest BCUT2D eigenvalue weighted by Crippen LogP contribution is -2.44. The Morgan fingerprint density at radius 1 is 0.795 bits per heavy atom. The zero-order valence-electron chi connectivity index (χ0n) is 25.4. The van der Waals surface area contributed by atoms with Gasteiger partial charge in [-0.25, -0.2) is 14.7 Å². The maximum atomic E-state index is 13.8. The summed E-state index contributed by atoms with van der Waals surface area (Å²) < 4.78 is 27.9. The van der Waals surface area contributed by atoms with Gasteiger partial charge in [0.25, 0.3) is 0 Å². The Balaban J connectivity index is 1.47. The lowest BCUT2D eigenvalue weighted by atomic mass is 10.2. The Labute approximate surface area is 256 Å². The molecule has 12 heteroatoms. The van der Waals surface area contributed by atoms with E-state index in [1.807, 2.05) is 18.2 Å². The maximum Gasteiger partial charge on any atom is 0.425 e. The number of nitrogens with one attached hydrogen (secondary N) is 1. The summed E-state index contributed by atoms with van der Waals surface area (Å²) in [6.45, 7) is 3.80. The minimum Gasteiger partial charge on any atom is -0.497 e. The van der Waals surface area contributed by atoms with Crippen molar-refractivity contribution in [3.8, 4) is 28.7 Å². The number of hydrogen-bond acceptors (Lipinski definition) is 11. The zero-order chi connectivity index (χ0) is 31.1. The number of benzene rings is 3. The monoisotopic (exact) mass is 600 g/mol. The highest BCUT2D eigenvalue weighted by Gasteiger charge is 2.27. The lowest BCUT2D eigenvalue weighted by Gasteiger charge is -2.34. The second-order valence-electron chi connectivity index (χ2n) is 9.93. The van der Waals surface area contributed by atoms with Gasteiger partial charge in [-0.1, -0.05) is 12.1 Å². The van der Waals surface area contributed by atoms with Crippen molar-refractivity contribution < 1.29 is 28.5 Å². The summed E-state index contributed by atoms with van der Waals surface area (Å²) in [5.41, 5.74) is 2.13. The van der Waals surface area contributed by atoms with Gasteiger partial charge in [0.1, 0.15) is 23.1 Å². The second kappa shape index (κ2) is 13.8. The standard InChI is InChI=1S/C32H36N6O6/c1-36-16-18-37(19-17-36)24-12-10-22(20-28(24)42-4)34-31-33-15-14-30(35-31)38(25-13-11-23(40-2)21-29(25)43-5)32(39)44-27-9-7-6-8-26(27)41-3/h6-15,20-21H,16-19H2,1-5H3,(H,33,34,35).